The van der Waals surface area contributed by atoms with Gasteiger partial charge in [0.2, 0.25) is 0 Å². The quantitative estimate of drug-likeness (QED) is 0.0252. The Hall–Kier alpha value is -2.03. The molecule has 9 nitrogen and oxygen atoms in total. The number of rotatable bonds is 35. The molecule has 0 fully saturated rings. The lowest BCUT2D eigenvalue weighted by Gasteiger charge is -2.18. The van der Waals surface area contributed by atoms with Crippen LogP contribution in [-0.2, 0) is 28.2 Å². The van der Waals surface area contributed by atoms with Crippen molar-refractivity contribution in [3.8, 4) is 0 Å². The van der Waals surface area contributed by atoms with E-state index in [4.69, 9.17) is 24.4 Å². The molecular weight excluding hydrogens is 655 g/mol. The zero-order valence-electron chi connectivity index (χ0n) is 31.4. The van der Waals surface area contributed by atoms with Crippen molar-refractivity contribution in [2.75, 3.05) is 19.8 Å². The van der Waals surface area contributed by atoms with Gasteiger partial charge in [-0.05, 0) is 63.7 Å². The minimum Gasteiger partial charge on any atom is -0.462 e. The van der Waals surface area contributed by atoms with E-state index in [-0.39, 0.29) is 26.1 Å². The van der Waals surface area contributed by atoms with E-state index in [0.29, 0.717) is 19.3 Å². The Balaban J connectivity index is 4.07. The zero-order valence-corrected chi connectivity index (χ0v) is 32.3. The molecule has 0 radical (unpaired) electrons. The lowest BCUT2D eigenvalue weighted by molar-refractivity contribution is -0.161. The molecule has 0 heterocycles. The Kier molecular flexibility index (Phi) is 33.9. The van der Waals surface area contributed by atoms with Crippen LogP contribution in [0.2, 0.25) is 0 Å². The molecule has 0 rings (SSSR count). The number of allylic oxidation sites excluding steroid dienone is 8. The highest BCUT2D eigenvalue weighted by atomic mass is 31.2. The monoisotopic (exact) mass is 726 g/mol. The van der Waals surface area contributed by atoms with Gasteiger partial charge in [-0.2, -0.15) is 0 Å². The van der Waals surface area contributed by atoms with E-state index < -0.39 is 32.5 Å². The normalized spacial score (nSPS) is 13.6. The first-order valence-corrected chi connectivity index (χ1v) is 21.0. The highest BCUT2D eigenvalue weighted by molar-refractivity contribution is 7.46. The summed E-state index contributed by atoms with van der Waals surface area (Å²) in [6.07, 6.45) is 38.5. The molecule has 50 heavy (non-hydrogen) atoms. The number of aliphatic hydroxyl groups excluding tert-OH is 1. The van der Waals surface area contributed by atoms with Crippen LogP contribution >= 0.6 is 7.82 Å². The topological polar surface area (TPSA) is 140 Å². The predicted molar refractivity (Wildman–Crippen MR) is 204 cm³/mol. The third kappa shape index (κ3) is 37.2. The van der Waals surface area contributed by atoms with Crippen molar-refractivity contribution >= 4 is 19.8 Å². The van der Waals surface area contributed by atoms with Crippen molar-refractivity contribution in [1.82, 2.24) is 0 Å². The summed E-state index contributed by atoms with van der Waals surface area (Å²) in [4.78, 5) is 42.7. The third-order valence-electron chi connectivity index (χ3n) is 8.45. The molecule has 0 saturated carbocycles. The molecular formula is C40H71O9P. The highest BCUT2D eigenvalue weighted by Gasteiger charge is 2.22. The van der Waals surface area contributed by atoms with Crippen molar-refractivity contribution < 1.29 is 43.0 Å². The van der Waals surface area contributed by atoms with E-state index in [1.54, 1.807) is 0 Å². The van der Waals surface area contributed by atoms with Crippen LogP contribution < -0.4 is 0 Å². The second-order valence-corrected chi connectivity index (χ2v) is 14.5. The van der Waals surface area contributed by atoms with Crippen LogP contribution in [0.25, 0.3) is 0 Å². The summed E-state index contributed by atoms with van der Waals surface area (Å²) < 4.78 is 26.3. The van der Waals surface area contributed by atoms with Gasteiger partial charge in [0, 0.05) is 19.4 Å². The Morgan fingerprint density at radius 1 is 0.620 bits per heavy atom. The summed E-state index contributed by atoms with van der Waals surface area (Å²) in [5, 5.41) is 8.77. The van der Waals surface area contributed by atoms with Crippen molar-refractivity contribution in [1.29, 1.82) is 0 Å². The SMILES string of the molecule is CCC(C)CCCCCCCCCCCCC(=O)OC[C@H](COP(=O)(O)O)OC(=O)CCC/C=C\C/C=C\C/C=C\C/C=C\CCCCCO. The summed E-state index contributed by atoms with van der Waals surface area (Å²) in [5.41, 5.74) is 0. The number of carbonyl (C=O) groups excluding carboxylic acids is 2. The minimum absolute atomic E-state index is 0.126. The van der Waals surface area contributed by atoms with Gasteiger partial charge in [-0.25, -0.2) is 4.57 Å². The molecule has 0 aliphatic carbocycles. The second kappa shape index (κ2) is 35.4. The first kappa shape index (κ1) is 48.0. The van der Waals surface area contributed by atoms with Crippen molar-refractivity contribution in [2.45, 2.75) is 168 Å². The van der Waals surface area contributed by atoms with Crippen LogP contribution in [0, 0.1) is 5.92 Å². The van der Waals surface area contributed by atoms with Gasteiger partial charge >= 0.3 is 19.8 Å². The fraction of sp³-hybridized carbons (Fsp3) is 0.750. The third-order valence-corrected chi connectivity index (χ3v) is 8.93. The van der Waals surface area contributed by atoms with E-state index in [2.05, 4.69) is 54.8 Å². The predicted octanol–water partition coefficient (Wildman–Crippen LogP) is 10.4. The summed E-state index contributed by atoms with van der Waals surface area (Å²) in [6, 6.07) is 0. The molecule has 0 aliphatic rings. The van der Waals surface area contributed by atoms with Crippen LogP contribution in [0.4, 0.5) is 0 Å². The molecule has 0 aromatic heterocycles. The Morgan fingerprint density at radius 2 is 1.10 bits per heavy atom. The molecule has 290 valence electrons. The molecule has 2 atom stereocenters. The maximum Gasteiger partial charge on any atom is 0.469 e. The molecule has 0 aromatic rings. The molecule has 0 aliphatic heterocycles. The van der Waals surface area contributed by atoms with Crippen LogP contribution in [0.3, 0.4) is 0 Å². The van der Waals surface area contributed by atoms with E-state index in [0.717, 1.165) is 70.1 Å². The fourth-order valence-corrected chi connectivity index (χ4v) is 5.50. The Labute approximate surface area is 304 Å². The molecule has 0 spiro atoms. The van der Waals surface area contributed by atoms with Crippen LogP contribution in [-0.4, -0.2) is 52.8 Å². The largest absolute Gasteiger partial charge is 0.469 e. The van der Waals surface area contributed by atoms with Crippen molar-refractivity contribution in [2.24, 2.45) is 5.92 Å². The smallest absolute Gasteiger partial charge is 0.462 e. The minimum atomic E-state index is -4.77. The molecule has 0 saturated heterocycles. The van der Waals surface area contributed by atoms with E-state index in [1.165, 1.54) is 51.4 Å². The molecule has 0 amide bonds. The number of carbonyl (C=O) groups is 2. The van der Waals surface area contributed by atoms with E-state index in [9.17, 15) is 14.2 Å². The van der Waals surface area contributed by atoms with Crippen LogP contribution in [0.5, 0.6) is 0 Å². The lowest BCUT2D eigenvalue weighted by atomic mass is 9.99. The van der Waals surface area contributed by atoms with Crippen LogP contribution in [0.1, 0.15) is 162 Å². The number of hydrogen-bond acceptors (Lipinski definition) is 7. The lowest BCUT2D eigenvalue weighted by Crippen LogP contribution is -2.29. The molecule has 3 N–H and O–H groups in total. The van der Waals surface area contributed by atoms with Gasteiger partial charge in [-0.3, -0.25) is 14.1 Å². The molecule has 1 unspecified atom stereocenters. The summed E-state index contributed by atoms with van der Waals surface area (Å²) in [7, 11) is -4.77. The average molecular weight is 727 g/mol. The van der Waals surface area contributed by atoms with Gasteiger partial charge in [0.15, 0.2) is 6.10 Å². The highest BCUT2D eigenvalue weighted by Crippen LogP contribution is 2.36. The van der Waals surface area contributed by atoms with Gasteiger partial charge in [0.1, 0.15) is 6.61 Å². The van der Waals surface area contributed by atoms with Crippen LogP contribution in [0.15, 0.2) is 48.6 Å². The maximum atomic E-state index is 12.3. The standard InChI is InChI=1S/C40H71O9P/c1-3-37(2)31-27-23-19-15-12-13-16-20-24-28-32-39(42)47-35-38(36-48-50(44,45)46)49-40(43)33-29-25-21-17-11-9-7-5-4-6-8-10-14-18-22-26-30-34-41/h4,6-7,9-10,14,17,21,37-38,41H,3,5,8,11-13,15-16,18-20,22-36H2,1-2H3,(H2,44,45,46)/b6-4-,9-7-,14-10-,21-17-/t37?,38-/m1/s1. The number of unbranched alkanes of at least 4 members (excludes halogenated alkanes) is 13. The first-order valence-electron chi connectivity index (χ1n) is 19.4. The number of ether oxygens (including phenoxy) is 2. The van der Waals surface area contributed by atoms with E-state index in [1.807, 2.05) is 12.2 Å². The number of hydrogen-bond donors (Lipinski definition) is 3. The number of esters is 2. The van der Waals surface area contributed by atoms with Gasteiger partial charge in [-0.1, -0.05) is 140 Å². The number of phosphoric acid groups is 1. The summed E-state index contributed by atoms with van der Waals surface area (Å²) in [5.74, 6) is -0.121. The van der Waals surface area contributed by atoms with Crippen molar-refractivity contribution in [3.05, 3.63) is 48.6 Å². The van der Waals surface area contributed by atoms with Gasteiger partial charge in [0.05, 0.1) is 6.61 Å². The fourth-order valence-electron chi connectivity index (χ4n) is 5.14. The first-order chi connectivity index (χ1) is 24.2. The average Bonchev–Trinajstić information content (AvgIpc) is 3.08. The Morgan fingerprint density at radius 3 is 1.64 bits per heavy atom. The summed E-state index contributed by atoms with van der Waals surface area (Å²) >= 11 is 0. The van der Waals surface area contributed by atoms with Gasteiger partial charge in [-0.15, -0.1) is 0 Å². The van der Waals surface area contributed by atoms with Gasteiger partial charge in [0.25, 0.3) is 0 Å². The number of phosphoric ester groups is 1. The summed E-state index contributed by atoms with van der Waals surface area (Å²) in [6.45, 7) is 3.98. The van der Waals surface area contributed by atoms with E-state index >= 15 is 0 Å². The second-order valence-electron chi connectivity index (χ2n) is 13.2. The zero-order chi connectivity index (χ0) is 37.0. The van der Waals surface area contributed by atoms with Gasteiger partial charge < -0.3 is 24.4 Å². The number of aliphatic hydroxyl groups is 1. The molecule has 0 aromatic carbocycles. The molecule has 0 bridgehead atoms. The maximum absolute atomic E-state index is 12.3. The van der Waals surface area contributed by atoms with Crippen molar-refractivity contribution in [3.63, 3.8) is 0 Å². The Bertz CT molecular complexity index is 970. The molecule has 10 heteroatoms.